The van der Waals surface area contributed by atoms with Gasteiger partial charge in [0.25, 0.3) is 0 Å². The van der Waals surface area contributed by atoms with Crippen molar-refractivity contribution in [1.82, 2.24) is 4.98 Å². The van der Waals surface area contributed by atoms with Crippen molar-refractivity contribution in [3.05, 3.63) is 35.8 Å². The highest BCUT2D eigenvalue weighted by molar-refractivity contribution is 5.83. The maximum absolute atomic E-state index is 12.9. The van der Waals surface area contributed by atoms with Gasteiger partial charge in [0, 0.05) is 23.5 Å². The Bertz CT molecular complexity index is 420. The number of fused-ring (bicyclic) bond motifs is 1. The number of aromatic amines is 1. The van der Waals surface area contributed by atoms with Crippen LogP contribution in [0.4, 0.5) is 4.39 Å². The monoisotopic (exact) mass is 179 g/mol. The van der Waals surface area contributed by atoms with Gasteiger partial charge in [0.15, 0.2) is 0 Å². The fourth-order valence-electron chi connectivity index (χ4n) is 1.55. The molecule has 0 aliphatic carbocycles. The summed E-state index contributed by atoms with van der Waals surface area (Å²) in [5.74, 6) is -0.183. The molecule has 68 valence electrons. The fourth-order valence-corrected chi connectivity index (χ4v) is 1.55. The molecule has 0 aliphatic rings. The van der Waals surface area contributed by atoms with Crippen LogP contribution in [-0.2, 0) is 6.42 Å². The van der Waals surface area contributed by atoms with Gasteiger partial charge in [-0.05, 0) is 23.8 Å². The van der Waals surface area contributed by atoms with Crippen molar-refractivity contribution in [3.63, 3.8) is 0 Å². The van der Waals surface area contributed by atoms with Gasteiger partial charge in [0.2, 0.25) is 0 Å². The fraction of sp³-hybridized carbons (Fsp3) is 0.200. The minimum atomic E-state index is -0.183. The molecule has 13 heavy (non-hydrogen) atoms. The molecular formula is C10H12FN2+. The Kier molecular flexibility index (Phi) is 2.02. The van der Waals surface area contributed by atoms with Gasteiger partial charge in [0.05, 0.1) is 6.54 Å². The van der Waals surface area contributed by atoms with Crippen LogP contribution in [0.5, 0.6) is 0 Å². The molecule has 2 nitrogen and oxygen atoms in total. The van der Waals surface area contributed by atoms with Crippen LogP contribution in [-0.4, -0.2) is 11.5 Å². The largest absolute Gasteiger partial charge is 0.361 e. The molecule has 0 saturated carbocycles. The number of benzene rings is 1. The minimum absolute atomic E-state index is 0.183. The Hall–Kier alpha value is -1.35. The summed E-state index contributed by atoms with van der Waals surface area (Å²) in [4.78, 5) is 3.11. The van der Waals surface area contributed by atoms with Crippen molar-refractivity contribution in [2.24, 2.45) is 0 Å². The van der Waals surface area contributed by atoms with Crippen molar-refractivity contribution >= 4 is 10.9 Å². The molecule has 0 aliphatic heterocycles. The second-order valence-electron chi connectivity index (χ2n) is 3.11. The summed E-state index contributed by atoms with van der Waals surface area (Å²) in [7, 11) is 0. The van der Waals surface area contributed by atoms with Crippen LogP contribution in [0, 0.1) is 5.82 Å². The average Bonchev–Trinajstić information content (AvgIpc) is 2.49. The van der Waals surface area contributed by atoms with Gasteiger partial charge >= 0.3 is 0 Å². The van der Waals surface area contributed by atoms with E-state index in [1.165, 1.54) is 6.07 Å². The van der Waals surface area contributed by atoms with E-state index in [1.807, 2.05) is 6.20 Å². The Morgan fingerprint density at radius 1 is 1.38 bits per heavy atom. The molecular weight excluding hydrogens is 167 g/mol. The predicted molar refractivity (Wildman–Crippen MR) is 49.7 cm³/mol. The molecule has 0 saturated heterocycles. The molecule has 1 aromatic carbocycles. The smallest absolute Gasteiger partial charge is 0.123 e. The summed E-state index contributed by atoms with van der Waals surface area (Å²) in [5.41, 5.74) is 5.92. The first-order valence-corrected chi connectivity index (χ1v) is 4.36. The standard InChI is InChI=1S/C10H11FN2/c11-8-1-2-10-9(5-8)7(3-4-12)6-13-10/h1-2,5-6,13H,3-4,12H2/p+1. The van der Waals surface area contributed by atoms with Crippen LogP contribution >= 0.6 is 0 Å². The Morgan fingerprint density at radius 3 is 3.00 bits per heavy atom. The molecule has 2 aromatic rings. The zero-order valence-corrected chi connectivity index (χ0v) is 7.31. The van der Waals surface area contributed by atoms with Gasteiger partial charge < -0.3 is 10.7 Å². The van der Waals surface area contributed by atoms with Crippen molar-refractivity contribution in [2.75, 3.05) is 6.54 Å². The van der Waals surface area contributed by atoms with Crippen LogP contribution in [0.3, 0.4) is 0 Å². The topological polar surface area (TPSA) is 43.4 Å². The number of nitrogens with one attached hydrogen (secondary N) is 1. The average molecular weight is 179 g/mol. The molecule has 0 atom stereocenters. The molecule has 1 heterocycles. The number of rotatable bonds is 2. The quantitative estimate of drug-likeness (QED) is 0.693. The first-order valence-electron chi connectivity index (χ1n) is 4.36. The van der Waals surface area contributed by atoms with Gasteiger partial charge in [-0.25, -0.2) is 4.39 Å². The maximum Gasteiger partial charge on any atom is 0.123 e. The van der Waals surface area contributed by atoms with Gasteiger partial charge in [-0.1, -0.05) is 0 Å². The van der Waals surface area contributed by atoms with Crippen LogP contribution in [0.2, 0.25) is 0 Å². The molecule has 1 aromatic heterocycles. The van der Waals surface area contributed by atoms with E-state index < -0.39 is 0 Å². The van der Waals surface area contributed by atoms with Gasteiger partial charge in [0.1, 0.15) is 5.82 Å². The van der Waals surface area contributed by atoms with Crippen LogP contribution in [0.15, 0.2) is 24.4 Å². The number of H-pyrrole nitrogens is 1. The van der Waals surface area contributed by atoms with Gasteiger partial charge in [-0.3, -0.25) is 0 Å². The van der Waals surface area contributed by atoms with Crippen molar-refractivity contribution in [3.8, 4) is 0 Å². The van der Waals surface area contributed by atoms with Gasteiger partial charge in [-0.15, -0.1) is 0 Å². The molecule has 0 fully saturated rings. The van der Waals surface area contributed by atoms with Crippen molar-refractivity contribution < 1.29 is 10.1 Å². The summed E-state index contributed by atoms with van der Waals surface area (Å²) in [6, 6.07) is 4.79. The zero-order valence-electron chi connectivity index (χ0n) is 7.31. The van der Waals surface area contributed by atoms with E-state index in [0.717, 1.165) is 29.4 Å². The molecule has 0 amide bonds. The Balaban J connectivity index is 2.58. The summed E-state index contributed by atoms with van der Waals surface area (Å²) in [6.07, 6.45) is 2.82. The van der Waals surface area contributed by atoms with Crippen LogP contribution in [0.25, 0.3) is 10.9 Å². The first kappa shape index (κ1) is 8.26. The van der Waals surface area contributed by atoms with E-state index in [2.05, 4.69) is 10.7 Å². The second-order valence-corrected chi connectivity index (χ2v) is 3.11. The van der Waals surface area contributed by atoms with E-state index in [-0.39, 0.29) is 5.82 Å². The summed E-state index contributed by atoms with van der Waals surface area (Å²) >= 11 is 0. The van der Waals surface area contributed by atoms with Gasteiger partial charge in [-0.2, -0.15) is 0 Å². The summed E-state index contributed by atoms with van der Waals surface area (Å²) < 4.78 is 12.9. The van der Waals surface area contributed by atoms with Crippen LogP contribution in [0.1, 0.15) is 5.56 Å². The third kappa shape index (κ3) is 1.42. The Labute approximate surface area is 75.6 Å². The summed E-state index contributed by atoms with van der Waals surface area (Å²) in [6.45, 7) is 0.837. The lowest BCUT2D eigenvalue weighted by molar-refractivity contribution is -0.366. The highest BCUT2D eigenvalue weighted by Gasteiger charge is 2.03. The summed E-state index contributed by atoms with van der Waals surface area (Å²) in [5, 5.41) is 0.976. The number of hydrogen-bond donors (Lipinski definition) is 2. The molecule has 3 heteroatoms. The van der Waals surface area contributed by atoms with Crippen molar-refractivity contribution in [2.45, 2.75) is 6.42 Å². The van der Waals surface area contributed by atoms with Crippen molar-refractivity contribution in [1.29, 1.82) is 0 Å². The molecule has 0 unspecified atom stereocenters. The zero-order chi connectivity index (χ0) is 9.26. The van der Waals surface area contributed by atoms with E-state index in [0.29, 0.717) is 0 Å². The molecule has 0 spiro atoms. The van der Waals surface area contributed by atoms with Crippen LogP contribution < -0.4 is 5.73 Å². The minimum Gasteiger partial charge on any atom is -0.361 e. The lowest BCUT2D eigenvalue weighted by atomic mass is 10.1. The third-order valence-electron chi connectivity index (χ3n) is 2.18. The Morgan fingerprint density at radius 2 is 2.23 bits per heavy atom. The highest BCUT2D eigenvalue weighted by atomic mass is 19.1. The maximum atomic E-state index is 12.9. The highest BCUT2D eigenvalue weighted by Crippen LogP contribution is 2.19. The molecule has 2 rings (SSSR count). The van der Waals surface area contributed by atoms with E-state index in [4.69, 9.17) is 0 Å². The number of quaternary nitrogens is 1. The normalized spacial score (nSPS) is 10.9. The second kappa shape index (κ2) is 3.18. The number of halogens is 1. The van der Waals surface area contributed by atoms with E-state index >= 15 is 0 Å². The number of aromatic nitrogens is 1. The predicted octanol–water partition coefficient (Wildman–Crippen LogP) is 1.09. The lowest BCUT2D eigenvalue weighted by Crippen LogP contribution is -2.51. The van der Waals surface area contributed by atoms with E-state index in [1.54, 1.807) is 12.1 Å². The van der Waals surface area contributed by atoms with E-state index in [9.17, 15) is 4.39 Å². The molecule has 0 radical (unpaired) electrons. The number of hydrogen-bond acceptors (Lipinski definition) is 0. The molecule has 0 bridgehead atoms. The third-order valence-corrected chi connectivity index (χ3v) is 2.18. The lowest BCUT2D eigenvalue weighted by Gasteiger charge is -1.94. The molecule has 4 N–H and O–H groups in total. The SMILES string of the molecule is [NH3+]CCc1c[nH]c2ccc(F)cc12. The first-order chi connectivity index (χ1) is 6.31.